The first-order valence-electron chi connectivity index (χ1n) is 3.63. The zero-order valence-electron chi connectivity index (χ0n) is 7.23. The van der Waals surface area contributed by atoms with Gasteiger partial charge in [-0.25, -0.2) is 0 Å². The molecule has 1 nitrogen and oxygen atoms in total. The summed E-state index contributed by atoms with van der Waals surface area (Å²) >= 11 is 5.82. The summed E-state index contributed by atoms with van der Waals surface area (Å²) in [7, 11) is 1.93. The van der Waals surface area contributed by atoms with E-state index in [1.807, 2.05) is 25.2 Å². The molecule has 1 aromatic carbocycles. The number of aryl methyl sites for hydroxylation is 1. The van der Waals surface area contributed by atoms with Gasteiger partial charge in [-0.1, -0.05) is 17.7 Å². The Bertz CT molecular complexity index is 248. The molecule has 0 aliphatic heterocycles. The van der Waals surface area contributed by atoms with Crippen LogP contribution in [-0.4, -0.2) is 7.05 Å². The first kappa shape index (κ1) is 11.8. The molecule has 0 radical (unpaired) electrons. The topological polar surface area (TPSA) is 12.0 Å². The van der Waals surface area contributed by atoms with Gasteiger partial charge in [-0.15, -0.1) is 12.4 Å². The molecular formula is C9H13Cl2N. The molecule has 68 valence electrons. The molecule has 1 rings (SSSR count). The van der Waals surface area contributed by atoms with E-state index in [-0.39, 0.29) is 12.4 Å². The molecule has 0 spiro atoms. The lowest BCUT2D eigenvalue weighted by atomic mass is 10.1. The van der Waals surface area contributed by atoms with Gasteiger partial charge < -0.3 is 5.32 Å². The van der Waals surface area contributed by atoms with Crippen LogP contribution < -0.4 is 5.32 Å². The molecule has 0 aliphatic carbocycles. The van der Waals surface area contributed by atoms with Crippen molar-refractivity contribution >= 4 is 24.0 Å². The quantitative estimate of drug-likeness (QED) is 0.784. The predicted octanol–water partition coefficient (Wildman–Crippen LogP) is 2.79. The summed E-state index contributed by atoms with van der Waals surface area (Å²) in [6.45, 7) is 2.97. The maximum Gasteiger partial charge on any atom is 0.0409 e. The largest absolute Gasteiger partial charge is 0.316 e. The van der Waals surface area contributed by atoms with Crippen LogP contribution in [0.1, 0.15) is 11.1 Å². The van der Waals surface area contributed by atoms with E-state index in [1.165, 1.54) is 11.1 Å². The van der Waals surface area contributed by atoms with Crippen LogP contribution in [0, 0.1) is 6.92 Å². The Hall–Kier alpha value is -0.240. The molecule has 0 aliphatic rings. The van der Waals surface area contributed by atoms with E-state index in [2.05, 4.69) is 12.2 Å². The second-order valence-electron chi connectivity index (χ2n) is 2.60. The van der Waals surface area contributed by atoms with E-state index >= 15 is 0 Å². The molecular weight excluding hydrogens is 193 g/mol. The van der Waals surface area contributed by atoms with E-state index in [1.54, 1.807) is 0 Å². The minimum atomic E-state index is 0. The number of hydrogen-bond donors (Lipinski definition) is 1. The van der Waals surface area contributed by atoms with E-state index in [0.29, 0.717) is 0 Å². The third-order valence-electron chi connectivity index (χ3n) is 1.68. The number of hydrogen-bond acceptors (Lipinski definition) is 1. The third-order valence-corrected chi connectivity index (χ3v) is 1.91. The van der Waals surface area contributed by atoms with Gasteiger partial charge in [0.05, 0.1) is 0 Å². The van der Waals surface area contributed by atoms with Crippen molar-refractivity contribution < 1.29 is 0 Å². The Balaban J connectivity index is 0.00000121. The van der Waals surface area contributed by atoms with Crippen molar-refractivity contribution in [2.45, 2.75) is 13.5 Å². The van der Waals surface area contributed by atoms with E-state index in [0.717, 1.165) is 11.6 Å². The standard InChI is InChI=1S/C9H12ClN.ClH/c1-7-3-4-9(10)5-8(7)6-11-2;/h3-5,11H,6H2,1-2H3;1H. The highest BCUT2D eigenvalue weighted by molar-refractivity contribution is 6.30. The van der Waals surface area contributed by atoms with E-state index in [4.69, 9.17) is 11.6 Å². The van der Waals surface area contributed by atoms with Gasteiger partial charge in [-0.05, 0) is 37.2 Å². The smallest absolute Gasteiger partial charge is 0.0409 e. The highest BCUT2D eigenvalue weighted by Crippen LogP contribution is 2.14. The summed E-state index contributed by atoms with van der Waals surface area (Å²) in [5.74, 6) is 0. The zero-order valence-corrected chi connectivity index (χ0v) is 8.80. The molecule has 0 atom stereocenters. The van der Waals surface area contributed by atoms with Crippen molar-refractivity contribution in [1.82, 2.24) is 5.32 Å². The number of benzene rings is 1. The zero-order chi connectivity index (χ0) is 8.27. The molecule has 0 saturated carbocycles. The van der Waals surface area contributed by atoms with E-state index < -0.39 is 0 Å². The summed E-state index contributed by atoms with van der Waals surface area (Å²) in [6.07, 6.45) is 0. The average molecular weight is 206 g/mol. The average Bonchev–Trinajstić information content (AvgIpc) is 1.98. The number of nitrogens with one attached hydrogen (secondary N) is 1. The van der Waals surface area contributed by atoms with Gasteiger partial charge in [-0.3, -0.25) is 0 Å². The lowest BCUT2D eigenvalue weighted by molar-refractivity contribution is 0.812. The summed E-state index contributed by atoms with van der Waals surface area (Å²) in [5, 5.41) is 3.90. The van der Waals surface area contributed by atoms with Gasteiger partial charge in [0.1, 0.15) is 0 Å². The molecule has 0 fully saturated rings. The Kier molecular flexibility index (Phi) is 5.31. The first-order valence-corrected chi connectivity index (χ1v) is 4.01. The highest BCUT2D eigenvalue weighted by Gasteiger charge is 1.96. The molecule has 0 amide bonds. The molecule has 12 heavy (non-hydrogen) atoms. The van der Waals surface area contributed by atoms with Crippen molar-refractivity contribution in [3.05, 3.63) is 34.3 Å². The van der Waals surface area contributed by atoms with Gasteiger partial charge in [0, 0.05) is 11.6 Å². The maximum absolute atomic E-state index is 5.82. The second kappa shape index (κ2) is 5.41. The van der Waals surface area contributed by atoms with Crippen LogP contribution in [0.4, 0.5) is 0 Å². The normalized spacial score (nSPS) is 9.25. The monoisotopic (exact) mass is 205 g/mol. The molecule has 1 N–H and O–H groups in total. The fourth-order valence-electron chi connectivity index (χ4n) is 1.02. The fraction of sp³-hybridized carbons (Fsp3) is 0.333. The van der Waals surface area contributed by atoms with Crippen LogP contribution in [0.25, 0.3) is 0 Å². The molecule has 0 saturated heterocycles. The summed E-state index contributed by atoms with van der Waals surface area (Å²) in [6, 6.07) is 5.94. The van der Waals surface area contributed by atoms with Crippen molar-refractivity contribution in [2.75, 3.05) is 7.05 Å². The van der Waals surface area contributed by atoms with Gasteiger partial charge >= 0.3 is 0 Å². The Morgan fingerprint density at radius 3 is 2.67 bits per heavy atom. The van der Waals surface area contributed by atoms with Crippen LogP contribution in [0.15, 0.2) is 18.2 Å². The Labute approximate surface area is 84.5 Å². The van der Waals surface area contributed by atoms with Gasteiger partial charge in [0.2, 0.25) is 0 Å². The molecule has 0 unspecified atom stereocenters. The lowest BCUT2D eigenvalue weighted by Gasteiger charge is -2.04. The van der Waals surface area contributed by atoms with E-state index in [9.17, 15) is 0 Å². The maximum atomic E-state index is 5.82. The van der Waals surface area contributed by atoms with Crippen LogP contribution in [-0.2, 0) is 6.54 Å². The van der Waals surface area contributed by atoms with Gasteiger partial charge in [0.25, 0.3) is 0 Å². The van der Waals surface area contributed by atoms with Gasteiger partial charge in [-0.2, -0.15) is 0 Å². The minimum Gasteiger partial charge on any atom is -0.316 e. The van der Waals surface area contributed by atoms with Gasteiger partial charge in [0.15, 0.2) is 0 Å². The van der Waals surface area contributed by atoms with Crippen molar-refractivity contribution in [3.63, 3.8) is 0 Å². The summed E-state index contributed by atoms with van der Waals surface area (Å²) in [5.41, 5.74) is 2.55. The molecule has 0 bridgehead atoms. The Morgan fingerprint density at radius 2 is 2.08 bits per heavy atom. The highest BCUT2D eigenvalue weighted by atomic mass is 35.5. The fourth-order valence-corrected chi connectivity index (χ4v) is 1.22. The third kappa shape index (κ3) is 3.02. The lowest BCUT2D eigenvalue weighted by Crippen LogP contribution is -2.06. The predicted molar refractivity (Wildman–Crippen MR) is 56.2 cm³/mol. The van der Waals surface area contributed by atoms with Crippen LogP contribution in [0.3, 0.4) is 0 Å². The molecule has 1 aromatic rings. The minimum absolute atomic E-state index is 0. The Morgan fingerprint density at radius 1 is 1.42 bits per heavy atom. The second-order valence-corrected chi connectivity index (χ2v) is 3.04. The van der Waals surface area contributed by atoms with Crippen LogP contribution in [0.2, 0.25) is 5.02 Å². The van der Waals surface area contributed by atoms with Crippen LogP contribution in [0.5, 0.6) is 0 Å². The summed E-state index contributed by atoms with van der Waals surface area (Å²) in [4.78, 5) is 0. The SMILES string of the molecule is CNCc1cc(Cl)ccc1C.Cl. The van der Waals surface area contributed by atoms with Crippen molar-refractivity contribution in [2.24, 2.45) is 0 Å². The number of rotatable bonds is 2. The van der Waals surface area contributed by atoms with Crippen LogP contribution >= 0.6 is 24.0 Å². The molecule has 3 heteroatoms. The van der Waals surface area contributed by atoms with Crippen molar-refractivity contribution in [1.29, 1.82) is 0 Å². The number of halogens is 2. The molecule has 0 heterocycles. The molecule has 0 aromatic heterocycles. The first-order chi connectivity index (χ1) is 5.24. The van der Waals surface area contributed by atoms with Crippen molar-refractivity contribution in [3.8, 4) is 0 Å². The summed E-state index contributed by atoms with van der Waals surface area (Å²) < 4.78 is 0.